The van der Waals surface area contributed by atoms with E-state index in [0.29, 0.717) is 6.61 Å². The lowest BCUT2D eigenvalue weighted by Gasteiger charge is -1.93. The summed E-state index contributed by atoms with van der Waals surface area (Å²) in [5.41, 5.74) is 0. The van der Waals surface area contributed by atoms with Crippen LogP contribution in [0.2, 0.25) is 0 Å². The lowest BCUT2D eigenvalue weighted by Crippen LogP contribution is -1.98. The lowest BCUT2D eigenvalue weighted by molar-refractivity contribution is -0.140. The first-order chi connectivity index (χ1) is 6.08. The fraction of sp³-hybridized carbons (Fsp3) is 0.750. The Morgan fingerprint density at radius 1 is 1.15 bits per heavy atom. The molecule has 0 bridgehead atoms. The Labute approximate surface area is 78.0 Å². The zero-order valence-electron chi connectivity index (χ0n) is 8.46. The number of carbonyl (C=O) groups is 2. The van der Waals surface area contributed by atoms with E-state index in [2.05, 4.69) is 14.2 Å². The average molecular weight is 192 g/mol. The molecule has 0 radical (unpaired) electrons. The summed E-state index contributed by atoms with van der Waals surface area (Å²) in [6.45, 7) is 3.92. The smallest absolute Gasteiger partial charge is 0.466 e. The van der Waals surface area contributed by atoms with Gasteiger partial charge in [-0.1, -0.05) is 6.92 Å². The van der Waals surface area contributed by atoms with Gasteiger partial charge in [0.1, 0.15) is 0 Å². The van der Waals surface area contributed by atoms with Gasteiger partial charge in [0.2, 0.25) is 0 Å². The highest BCUT2D eigenvalue weighted by Gasteiger charge is 1.88. The van der Waals surface area contributed by atoms with Crippen molar-refractivity contribution in [2.75, 3.05) is 20.8 Å². The molecule has 0 aromatic rings. The van der Waals surface area contributed by atoms with Crippen LogP contribution in [0.3, 0.4) is 0 Å². The normalized spacial score (nSPS) is 7.69. The third kappa shape index (κ3) is 18.1. The number of hydrogen-bond donors (Lipinski definition) is 0. The number of hydrogen-bond acceptors (Lipinski definition) is 5. The molecule has 0 spiro atoms. The molecule has 0 aliphatic heterocycles. The predicted molar refractivity (Wildman–Crippen MR) is 46.3 cm³/mol. The van der Waals surface area contributed by atoms with Crippen LogP contribution in [0.4, 0.5) is 4.79 Å². The molecule has 0 saturated heterocycles. The highest BCUT2D eigenvalue weighted by molar-refractivity contribution is 5.65. The van der Waals surface area contributed by atoms with Crippen LogP contribution in [0, 0.1) is 0 Å². The largest absolute Gasteiger partial charge is 0.507 e. The van der Waals surface area contributed by atoms with E-state index in [1.165, 1.54) is 21.1 Å². The van der Waals surface area contributed by atoms with Gasteiger partial charge in [-0.05, 0) is 6.42 Å². The molecule has 0 N–H and O–H groups in total. The molecule has 13 heavy (non-hydrogen) atoms. The van der Waals surface area contributed by atoms with Crippen LogP contribution in [-0.2, 0) is 19.0 Å². The summed E-state index contributed by atoms with van der Waals surface area (Å²) < 4.78 is 12.6. The molecule has 5 nitrogen and oxygen atoms in total. The van der Waals surface area contributed by atoms with Gasteiger partial charge >= 0.3 is 12.1 Å². The molecule has 0 heterocycles. The Morgan fingerprint density at radius 2 is 1.62 bits per heavy atom. The van der Waals surface area contributed by atoms with Gasteiger partial charge in [-0.15, -0.1) is 0 Å². The molecule has 0 saturated carbocycles. The fourth-order valence-electron chi connectivity index (χ4n) is 0.329. The maximum absolute atomic E-state index is 9.98. The minimum absolute atomic E-state index is 0.193. The lowest BCUT2D eigenvalue weighted by atomic mass is 10.5. The molecule has 0 aromatic heterocycles. The highest BCUT2D eigenvalue weighted by Crippen LogP contribution is 1.78. The summed E-state index contributed by atoms with van der Waals surface area (Å²) in [5, 5.41) is 0. The molecular weight excluding hydrogens is 176 g/mol. The summed E-state index contributed by atoms with van der Waals surface area (Å²) in [6.07, 6.45) is 0.245. The Morgan fingerprint density at radius 3 is 1.69 bits per heavy atom. The quantitative estimate of drug-likeness (QED) is 0.618. The van der Waals surface area contributed by atoms with Crippen molar-refractivity contribution in [1.82, 2.24) is 0 Å². The highest BCUT2D eigenvalue weighted by atomic mass is 16.7. The van der Waals surface area contributed by atoms with Gasteiger partial charge in [-0.25, -0.2) is 4.79 Å². The molecule has 0 aliphatic rings. The van der Waals surface area contributed by atoms with Crippen LogP contribution in [0.5, 0.6) is 0 Å². The van der Waals surface area contributed by atoms with Crippen LogP contribution in [0.1, 0.15) is 20.3 Å². The predicted octanol–water partition coefficient (Wildman–Crippen LogP) is 1.36. The van der Waals surface area contributed by atoms with Crippen LogP contribution >= 0.6 is 0 Å². The van der Waals surface area contributed by atoms with Gasteiger partial charge < -0.3 is 14.2 Å². The first-order valence-corrected chi connectivity index (χ1v) is 3.83. The van der Waals surface area contributed by atoms with Crippen molar-refractivity contribution < 1.29 is 23.8 Å². The number of ether oxygens (including phenoxy) is 3. The average Bonchev–Trinajstić information content (AvgIpc) is 2.14. The zero-order chi connectivity index (χ0) is 10.7. The monoisotopic (exact) mass is 192 g/mol. The third-order valence-corrected chi connectivity index (χ3v) is 0.843. The SMILES string of the molecule is CCCOC(C)=O.COC(=O)OC. The molecule has 0 fully saturated rings. The molecular formula is C8H16O5. The number of rotatable bonds is 2. The van der Waals surface area contributed by atoms with Gasteiger partial charge in [-0.2, -0.15) is 0 Å². The topological polar surface area (TPSA) is 61.8 Å². The molecule has 0 unspecified atom stereocenters. The molecule has 0 amide bonds. The minimum Gasteiger partial charge on any atom is -0.466 e. The van der Waals surface area contributed by atoms with Crippen molar-refractivity contribution in [3.63, 3.8) is 0 Å². The summed E-state index contributed by atoms with van der Waals surface area (Å²) in [6, 6.07) is 0. The molecule has 5 heteroatoms. The summed E-state index contributed by atoms with van der Waals surface area (Å²) in [4.78, 5) is 19.7. The van der Waals surface area contributed by atoms with E-state index in [4.69, 9.17) is 0 Å². The molecule has 0 atom stereocenters. The van der Waals surface area contributed by atoms with E-state index in [-0.39, 0.29) is 5.97 Å². The first kappa shape index (κ1) is 14.3. The Kier molecular flexibility index (Phi) is 11.8. The van der Waals surface area contributed by atoms with Gasteiger partial charge in [0.25, 0.3) is 0 Å². The van der Waals surface area contributed by atoms with Crippen molar-refractivity contribution in [2.45, 2.75) is 20.3 Å². The molecule has 0 aromatic carbocycles. The zero-order valence-corrected chi connectivity index (χ0v) is 8.46. The Hall–Kier alpha value is -1.26. The van der Waals surface area contributed by atoms with Crippen molar-refractivity contribution in [1.29, 1.82) is 0 Å². The van der Waals surface area contributed by atoms with Crippen molar-refractivity contribution in [2.24, 2.45) is 0 Å². The Balaban J connectivity index is 0. The second-order valence-corrected chi connectivity index (χ2v) is 2.00. The van der Waals surface area contributed by atoms with E-state index in [1.54, 1.807) is 0 Å². The van der Waals surface area contributed by atoms with Gasteiger partial charge in [0.15, 0.2) is 0 Å². The Bertz CT molecular complexity index is 137. The van der Waals surface area contributed by atoms with Crippen molar-refractivity contribution in [3.8, 4) is 0 Å². The van der Waals surface area contributed by atoms with E-state index < -0.39 is 6.16 Å². The standard InChI is InChI=1S/C5H10O2.C3H6O3/c1-3-4-7-5(2)6;1-5-3(4)6-2/h3-4H2,1-2H3;1-2H3. The second-order valence-electron chi connectivity index (χ2n) is 2.00. The van der Waals surface area contributed by atoms with E-state index in [0.717, 1.165) is 6.42 Å². The number of esters is 1. The minimum atomic E-state index is -0.657. The number of methoxy groups -OCH3 is 2. The van der Waals surface area contributed by atoms with Crippen molar-refractivity contribution in [3.05, 3.63) is 0 Å². The van der Waals surface area contributed by atoms with E-state index >= 15 is 0 Å². The van der Waals surface area contributed by atoms with Gasteiger partial charge in [0, 0.05) is 6.92 Å². The summed E-state index contributed by atoms with van der Waals surface area (Å²) in [5.74, 6) is -0.193. The fourth-order valence-corrected chi connectivity index (χ4v) is 0.329. The van der Waals surface area contributed by atoms with Crippen LogP contribution < -0.4 is 0 Å². The van der Waals surface area contributed by atoms with Crippen LogP contribution in [0.25, 0.3) is 0 Å². The second kappa shape index (κ2) is 10.7. The van der Waals surface area contributed by atoms with Crippen molar-refractivity contribution >= 4 is 12.1 Å². The van der Waals surface area contributed by atoms with Gasteiger partial charge in [0.05, 0.1) is 20.8 Å². The molecule has 78 valence electrons. The number of carbonyl (C=O) groups excluding carboxylic acids is 2. The third-order valence-electron chi connectivity index (χ3n) is 0.843. The maximum atomic E-state index is 9.98. The van der Waals surface area contributed by atoms with E-state index in [9.17, 15) is 9.59 Å². The van der Waals surface area contributed by atoms with Crippen LogP contribution in [0.15, 0.2) is 0 Å². The first-order valence-electron chi connectivity index (χ1n) is 3.83. The van der Waals surface area contributed by atoms with Crippen LogP contribution in [-0.4, -0.2) is 33.0 Å². The summed E-state index contributed by atoms with van der Waals surface area (Å²) in [7, 11) is 2.51. The van der Waals surface area contributed by atoms with Gasteiger partial charge in [-0.3, -0.25) is 4.79 Å². The maximum Gasteiger partial charge on any atom is 0.507 e. The van der Waals surface area contributed by atoms with E-state index in [1.807, 2.05) is 6.92 Å². The molecule has 0 aliphatic carbocycles. The molecule has 0 rings (SSSR count). The summed E-state index contributed by atoms with van der Waals surface area (Å²) >= 11 is 0.